The highest BCUT2D eigenvalue weighted by Gasteiger charge is 2.26. The van der Waals surface area contributed by atoms with Crippen molar-refractivity contribution in [2.24, 2.45) is 0 Å². The molecule has 1 atom stereocenters. The van der Waals surface area contributed by atoms with Gasteiger partial charge in [0.2, 0.25) is 0 Å². The Hall–Kier alpha value is -1.43. The van der Waals surface area contributed by atoms with Gasteiger partial charge in [0.05, 0.1) is 37.1 Å². The molecule has 4 nitrogen and oxygen atoms in total. The number of hydrogen-bond donors (Lipinski definition) is 0. The molecule has 0 N–H and O–H groups in total. The summed E-state index contributed by atoms with van der Waals surface area (Å²) in [5, 5.41) is 3.25. The summed E-state index contributed by atoms with van der Waals surface area (Å²) in [6, 6.07) is 8.50. The van der Waals surface area contributed by atoms with E-state index in [-0.39, 0.29) is 6.04 Å². The van der Waals surface area contributed by atoms with Gasteiger partial charge >= 0.3 is 0 Å². The first-order chi connectivity index (χ1) is 10.3. The van der Waals surface area contributed by atoms with Crippen LogP contribution in [-0.2, 0) is 11.3 Å². The van der Waals surface area contributed by atoms with Gasteiger partial charge in [-0.25, -0.2) is 4.98 Å². The van der Waals surface area contributed by atoms with Crippen molar-refractivity contribution in [3.63, 3.8) is 0 Å². The number of thiazole rings is 1. The summed E-state index contributed by atoms with van der Waals surface area (Å²) in [6.45, 7) is 5.36. The third-order valence-corrected chi connectivity index (χ3v) is 4.53. The van der Waals surface area contributed by atoms with Gasteiger partial charge < -0.3 is 9.47 Å². The van der Waals surface area contributed by atoms with Crippen LogP contribution >= 0.6 is 11.3 Å². The van der Waals surface area contributed by atoms with E-state index in [1.807, 2.05) is 19.1 Å². The van der Waals surface area contributed by atoms with Crippen LogP contribution < -0.4 is 4.74 Å². The maximum atomic E-state index is 5.66. The summed E-state index contributed by atoms with van der Waals surface area (Å²) < 4.78 is 11.0. The Morgan fingerprint density at radius 1 is 1.48 bits per heavy atom. The van der Waals surface area contributed by atoms with Crippen LogP contribution in [0.5, 0.6) is 5.75 Å². The average molecular weight is 304 g/mol. The van der Waals surface area contributed by atoms with Crippen LogP contribution in [0.15, 0.2) is 29.6 Å². The molecule has 112 valence electrons. The van der Waals surface area contributed by atoms with Crippen LogP contribution in [0.3, 0.4) is 0 Å². The molecule has 3 rings (SSSR count). The fourth-order valence-corrected chi connectivity index (χ4v) is 3.30. The van der Waals surface area contributed by atoms with E-state index in [0.717, 1.165) is 36.1 Å². The molecule has 1 aliphatic heterocycles. The molecule has 2 aromatic rings. The molecule has 1 saturated heterocycles. The molecule has 0 spiro atoms. The van der Waals surface area contributed by atoms with Gasteiger partial charge in [0.1, 0.15) is 5.75 Å². The zero-order chi connectivity index (χ0) is 14.7. The molecule has 0 aliphatic carbocycles. The maximum absolute atomic E-state index is 5.66. The van der Waals surface area contributed by atoms with Gasteiger partial charge in [0.25, 0.3) is 0 Å². The highest BCUT2D eigenvalue weighted by atomic mass is 32.1. The van der Waals surface area contributed by atoms with Gasteiger partial charge in [-0.1, -0.05) is 12.1 Å². The third-order valence-electron chi connectivity index (χ3n) is 3.74. The van der Waals surface area contributed by atoms with E-state index in [1.54, 1.807) is 18.4 Å². The van der Waals surface area contributed by atoms with Crippen molar-refractivity contribution >= 4 is 11.3 Å². The van der Waals surface area contributed by atoms with Crippen LogP contribution in [0.1, 0.15) is 22.3 Å². The summed E-state index contributed by atoms with van der Waals surface area (Å²) in [5.41, 5.74) is 2.38. The number of aromatic nitrogens is 1. The van der Waals surface area contributed by atoms with E-state index < -0.39 is 0 Å². The lowest BCUT2D eigenvalue weighted by molar-refractivity contribution is -0.0140. The highest BCUT2D eigenvalue weighted by Crippen LogP contribution is 2.27. The Bertz CT molecular complexity index is 599. The smallest absolute Gasteiger partial charge is 0.119 e. The Balaban J connectivity index is 1.77. The van der Waals surface area contributed by atoms with E-state index >= 15 is 0 Å². The quantitative estimate of drug-likeness (QED) is 0.869. The predicted molar refractivity (Wildman–Crippen MR) is 83.8 cm³/mol. The van der Waals surface area contributed by atoms with E-state index in [9.17, 15) is 0 Å². The first-order valence-corrected chi connectivity index (χ1v) is 8.01. The number of morpholine rings is 1. The third kappa shape index (κ3) is 3.43. The average Bonchev–Trinajstić information content (AvgIpc) is 2.94. The largest absolute Gasteiger partial charge is 0.497 e. The minimum Gasteiger partial charge on any atom is -0.497 e. The van der Waals surface area contributed by atoms with Gasteiger partial charge in [-0.05, 0) is 24.6 Å². The van der Waals surface area contributed by atoms with Gasteiger partial charge in [-0.3, -0.25) is 4.90 Å². The monoisotopic (exact) mass is 304 g/mol. The van der Waals surface area contributed by atoms with Gasteiger partial charge in [-0.2, -0.15) is 0 Å². The van der Waals surface area contributed by atoms with Gasteiger partial charge in [0.15, 0.2) is 0 Å². The van der Waals surface area contributed by atoms with Crippen molar-refractivity contribution in [3.8, 4) is 5.75 Å². The summed E-state index contributed by atoms with van der Waals surface area (Å²) in [6.07, 6.45) is 0. The van der Waals surface area contributed by atoms with Crippen molar-refractivity contribution < 1.29 is 9.47 Å². The van der Waals surface area contributed by atoms with Gasteiger partial charge in [0, 0.05) is 18.5 Å². The molecule has 5 heteroatoms. The number of methoxy groups -OCH3 is 1. The first kappa shape index (κ1) is 14.5. The number of rotatable bonds is 4. The lowest BCUT2D eigenvalue weighted by Crippen LogP contribution is -2.39. The van der Waals surface area contributed by atoms with Crippen LogP contribution in [0.2, 0.25) is 0 Å². The summed E-state index contributed by atoms with van der Waals surface area (Å²) in [7, 11) is 1.70. The molecule has 1 aromatic carbocycles. The number of ether oxygens (including phenoxy) is 2. The van der Waals surface area contributed by atoms with E-state index in [1.165, 1.54) is 5.56 Å². The topological polar surface area (TPSA) is 34.6 Å². The van der Waals surface area contributed by atoms with Crippen molar-refractivity contribution in [2.75, 3.05) is 26.9 Å². The van der Waals surface area contributed by atoms with E-state index in [2.05, 4.69) is 27.4 Å². The van der Waals surface area contributed by atoms with Gasteiger partial charge in [-0.15, -0.1) is 11.3 Å². The zero-order valence-corrected chi connectivity index (χ0v) is 13.2. The van der Waals surface area contributed by atoms with Crippen molar-refractivity contribution in [1.29, 1.82) is 0 Å². The molecule has 1 fully saturated rings. The molecule has 0 radical (unpaired) electrons. The molecule has 21 heavy (non-hydrogen) atoms. The second kappa shape index (κ2) is 6.56. The summed E-state index contributed by atoms with van der Waals surface area (Å²) in [4.78, 5) is 7.07. The van der Waals surface area contributed by atoms with Crippen molar-refractivity contribution in [2.45, 2.75) is 19.5 Å². The molecule has 0 bridgehead atoms. The van der Waals surface area contributed by atoms with Crippen LogP contribution in [0, 0.1) is 6.92 Å². The zero-order valence-electron chi connectivity index (χ0n) is 12.4. The second-order valence-corrected chi connectivity index (χ2v) is 6.27. The predicted octanol–water partition coefficient (Wildman–Crippen LogP) is 3.03. The van der Waals surface area contributed by atoms with Crippen molar-refractivity contribution in [3.05, 3.63) is 45.9 Å². The number of nitrogens with zero attached hydrogens (tertiary/aromatic N) is 2. The first-order valence-electron chi connectivity index (χ1n) is 7.13. The van der Waals surface area contributed by atoms with E-state index in [0.29, 0.717) is 6.61 Å². The molecule has 0 unspecified atom stereocenters. The minimum absolute atomic E-state index is 0.245. The Labute approximate surface area is 129 Å². The Morgan fingerprint density at radius 3 is 3.14 bits per heavy atom. The maximum Gasteiger partial charge on any atom is 0.119 e. The fourth-order valence-electron chi connectivity index (χ4n) is 2.64. The highest BCUT2D eigenvalue weighted by molar-refractivity contribution is 7.09. The standard InChI is InChI=1S/C16H20N2O2S/c1-12-17-15(11-21-12)16-10-20-7-6-18(16)9-13-4-3-5-14(8-13)19-2/h3-5,8,11,16H,6-7,9-10H2,1-2H3/t16-/m1/s1. The molecule has 1 aliphatic rings. The van der Waals surface area contributed by atoms with Crippen LogP contribution in [0.4, 0.5) is 0 Å². The lowest BCUT2D eigenvalue weighted by Gasteiger charge is -2.34. The summed E-state index contributed by atoms with van der Waals surface area (Å²) >= 11 is 1.70. The lowest BCUT2D eigenvalue weighted by atomic mass is 10.1. The SMILES string of the molecule is COc1cccc(CN2CCOC[C@@H]2c2csc(C)n2)c1. The molecule has 2 heterocycles. The molecule has 0 amide bonds. The Kier molecular flexibility index (Phi) is 4.53. The normalized spacial score (nSPS) is 19.6. The molecule has 1 aromatic heterocycles. The fraction of sp³-hybridized carbons (Fsp3) is 0.438. The van der Waals surface area contributed by atoms with Crippen LogP contribution in [0.25, 0.3) is 0 Å². The number of hydrogen-bond acceptors (Lipinski definition) is 5. The summed E-state index contributed by atoms with van der Waals surface area (Å²) in [5.74, 6) is 0.904. The van der Waals surface area contributed by atoms with Crippen molar-refractivity contribution in [1.82, 2.24) is 9.88 Å². The minimum atomic E-state index is 0.245. The molecular formula is C16H20N2O2S. The Morgan fingerprint density at radius 2 is 2.38 bits per heavy atom. The number of aryl methyl sites for hydroxylation is 1. The molecule has 0 saturated carbocycles. The van der Waals surface area contributed by atoms with E-state index in [4.69, 9.17) is 9.47 Å². The number of benzene rings is 1. The molecular weight excluding hydrogens is 284 g/mol. The second-order valence-electron chi connectivity index (χ2n) is 5.20. The van der Waals surface area contributed by atoms with Crippen LogP contribution in [-0.4, -0.2) is 36.8 Å².